The van der Waals surface area contributed by atoms with Crippen LogP contribution in [0.5, 0.6) is 0 Å². The van der Waals surface area contributed by atoms with Gasteiger partial charge in [0.1, 0.15) is 22.5 Å². The average molecular weight is 402 g/mol. The van der Waals surface area contributed by atoms with Crippen LogP contribution in [0.1, 0.15) is 22.9 Å². The minimum Gasteiger partial charge on any atom is -0.387 e. The van der Waals surface area contributed by atoms with Gasteiger partial charge in [-0.15, -0.1) is 10.2 Å². The molecule has 4 aromatic heterocycles. The zero-order valence-corrected chi connectivity index (χ0v) is 16.6. The summed E-state index contributed by atoms with van der Waals surface area (Å²) in [6, 6.07) is 7.86. The van der Waals surface area contributed by atoms with Crippen LogP contribution in [0.15, 0.2) is 36.8 Å². The summed E-state index contributed by atoms with van der Waals surface area (Å²) < 4.78 is 1.91. The van der Waals surface area contributed by atoms with Crippen LogP contribution in [-0.4, -0.2) is 44.9 Å². The van der Waals surface area contributed by atoms with Gasteiger partial charge in [-0.2, -0.15) is 5.26 Å². The molecular weight excluding hydrogens is 384 g/mol. The monoisotopic (exact) mass is 402 g/mol. The van der Waals surface area contributed by atoms with Crippen molar-refractivity contribution in [1.82, 2.24) is 30.0 Å². The van der Waals surface area contributed by atoms with Crippen molar-refractivity contribution < 1.29 is 0 Å². The zero-order valence-electron chi connectivity index (χ0n) is 15.8. The Morgan fingerprint density at radius 1 is 1.28 bits per heavy atom. The molecule has 29 heavy (non-hydrogen) atoms. The van der Waals surface area contributed by atoms with E-state index < -0.39 is 0 Å². The fourth-order valence-corrected chi connectivity index (χ4v) is 4.60. The Morgan fingerprint density at radius 2 is 2.21 bits per heavy atom. The van der Waals surface area contributed by atoms with Crippen LogP contribution < -0.4 is 10.6 Å². The van der Waals surface area contributed by atoms with E-state index >= 15 is 0 Å². The van der Waals surface area contributed by atoms with E-state index in [0.29, 0.717) is 11.5 Å². The highest BCUT2D eigenvalue weighted by molar-refractivity contribution is 7.14. The van der Waals surface area contributed by atoms with Gasteiger partial charge < -0.3 is 10.6 Å². The van der Waals surface area contributed by atoms with Gasteiger partial charge in [0.25, 0.3) is 0 Å². The molecule has 4 aromatic rings. The molecule has 1 atom stereocenters. The number of fused-ring (bicyclic) bond motifs is 1. The van der Waals surface area contributed by atoms with Gasteiger partial charge in [-0.1, -0.05) is 11.3 Å². The topological polar surface area (TPSA) is 104 Å². The summed E-state index contributed by atoms with van der Waals surface area (Å²) in [6.45, 7) is 2.00. The van der Waals surface area contributed by atoms with Crippen molar-refractivity contribution in [3.8, 4) is 22.5 Å². The number of nitriles is 1. The molecule has 8 nitrogen and oxygen atoms in total. The second-order valence-corrected chi connectivity index (χ2v) is 7.92. The van der Waals surface area contributed by atoms with Crippen molar-refractivity contribution in [2.45, 2.75) is 12.3 Å². The Morgan fingerprint density at radius 3 is 3.00 bits per heavy atom. The molecule has 1 saturated heterocycles. The number of hydrogen-bond donors (Lipinski definition) is 2. The maximum Gasteiger partial charge on any atom is 0.151 e. The number of nitrogens with one attached hydrogen (secondary N) is 2. The largest absolute Gasteiger partial charge is 0.387 e. The molecule has 0 spiro atoms. The lowest BCUT2D eigenvalue weighted by Gasteiger charge is -2.10. The quantitative estimate of drug-likeness (QED) is 0.541. The Balaban J connectivity index is 1.52. The molecular formula is C20H18N8S. The Labute approximate surface area is 171 Å². The molecule has 1 aliphatic rings. The van der Waals surface area contributed by atoms with Crippen LogP contribution in [0.4, 0.5) is 5.69 Å². The van der Waals surface area contributed by atoms with E-state index in [1.54, 1.807) is 17.5 Å². The number of rotatable bonds is 4. The number of nitrogens with zero attached hydrogens (tertiary/aromatic N) is 6. The molecule has 9 heteroatoms. The molecule has 0 bridgehead atoms. The molecule has 1 fully saturated rings. The van der Waals surface area contributed by atoms with Gasteiger partial charge in [-0.3, -0.25) is 4.57 Å². The standard InChI is InChI=1S/C20H18N8S/c1-22-16-7-17(28-5-3-13-6-12(8-21)9-25-18(13)28)24-11-15(16)20-27-26-19(29-20)14-2-4-23-10-14/h3,5-7,9,11,14,23H,2,4,10H2,1H3,(H,22,24). The Bertz CT molecular complexity index is 1230. The first-order valence-electron chi connectivity index (χ1n) is 9.36. The highest BCUT2D eigenvalue weighted by atomic mass is 32.1. The van der Waals surface area contributed by atoms with Crippen molar-refractivity contribution >= 4 is 28.1 Å². The van der Waals surface area contributed by atoms with E-state index in [1.165, 1.54) is 0 Å². The van der Waals surface area contributed by atoms with Crippen LogP contribution in [0.2, 0.25) is 0 Å². The summed E-state index contributed by atoms with van der Waals surface area (Å²) >= 11 is 1.63. The van der Waals surface area contributed by atoms with E-state index in [2.05, 4.69) is 36.9 Å². The summed E-state index contributed by atoms with van der Waals surface area (Å²) in [6.07, 6.45) is 6.42. The van der Waals surface area contributed by atoms with Gasteiger partial charge in [0, 0.05) is 55.2 Å². The van der Waals surface area contributed by atoms with Gasteiger partial charge in [-0.25, -0.2) is 9.97 Å². The summed E-state index contributed by atoms with van der Waals surface area (Å²) in [5.41, 5.74) is 3.16. The van der Waals surface area contributed by atoms with Gasteiger partial charge in [0.05, 0.1) is 11.1 Å². The molecule has 144 valence electrons. The highest BCUT2D eigenvalue weighted by Crippen LogP contribution is 2.34. The SMILES string of the molecule is CNc1cc(-n2ccc3cc(C#N)cnc32)ncc1-c1nnc(C2CCNC2)s1. The molecule has 0 radical (unpaired) electrons. The second-order valence-electron chi connectivity index (χ2n) is 6.91. The van der Waals surface area contributed by atoms with Crippen LogP contribution in [0.3, 0.4) is 0 Å². The molecule has 1 unspecified atom stereocenters. The van der Waals surface area contributed by atoms with E-state index in [-0.39, 0.29) is 0 Å². The average Bonchev–Trinajstić information content (AvgIpc) is 3.52. The van der Waals surface area contributed by atoms with Crippen LogP contribution in [0.25, 0.3) is 27.4 Å². The fourth-order valence-electron chi connectivity index (χ4n) is 3.60. The Hall–Kier alpha value is -3.35. The van der Waals surface area contributed by atoms with E-state index in [0.717, 1.165) is 57.6 Å². The van der Waals surface area contributed by atoms with Gasteiger partial charge >= 0.3 is 0 Å². The number of pyridine rings is 2. The number of anilines is 1. The van der Waals surface area contributed by atoms with Crippen molar-refractivity contribution in [1.29, 1.82) is 5.26 Å². The maximum atomic E-state index is 9.07. The van der Waals surface area contributed by atoms with E-state index in [4.69, 9.17) is 5.26 Å². The number of aromatic nitrogens is 5. The molecule has 2 N–H and O–H groups in total. The molecule has 0 aromatic carbocycles. The molecule has 5 heterocycles. The minimum absolute atomic E-state index is 0.446. The first kappa shape index (κ1) is 17.7. The summed E-state index contributed by atoms with van der Waals surface area (Å²) in [4.78, 5) is 9.08. The van der Waals surface area contributed by atoms with Crippen LogP contribution in [0, 0.1) is 11.3 Å². The predicted octanol–water partition coefficient (Wildman–Crippen LogP) is 2.93. The van der Waals surface area contributed by atoms with Gasteiger partial charge in [0.15, 0.2) is 5.01 Å². The summed E-state index contributed by atoms with van der Waals surface area (Å²) in [5, 5.41) is 27.4. The van der Waals surface area contributed by atoms with Crippen molar-refractivity contribution in [3.05, 3.63) is 47.4 Å². The smallest absolute Gasteiger partial charge is 0.151 e. The maximum absolute atomic E-state index is 9.07. The first-order valence-corrected chi connectivity index (χ1v) is 10.2. The van der Waals surface area contributed by atoms with Gasteiger partial charge in [-0.05, 0) is 25.1 Å². The predicted molar refractivity (Wildman–Crippen MR) is 112 cm³/mol. The Kier molecular flexibility index (Phi) is 4.42. The third-order valence-electron chi connectivity index (χ3n) is 5.14. The third-order valence-corrected chi connectivity index (χ3v) is 6.26. The summed E-state index contributed by atoms with van der Waals surface area (Å²) in [5.74, 6) is 1.19. The fraction of sp³-hybridized carbons (Fsp3) is 0.250. The molecule has 0 amide bonds. The third kappa shape index (κ3) is 3.12. The van der Waals surface area contributed by atoms with Crippen LogP contribution in [-0.2, 0) is 0 Å². The minimum atomic E-state index is 0.446. The van der Waals surface area contributed by atoms with Crippen molar-refractivity contribution in [3.63, 3.8) is 0 Å². The lowest BCUT2D eigenvalue weighted by molar-refractivity contribution is 0.741. The van der Waals surface area contributed by atoms with E-state index in [9.17, 15) is 0 Å². The van der Waals surface area contributed by atoms with Crippen LogP contribution >= 0.6 is 11.3 Å². The number of hydrogen-bond acceptors (Lipinski definition) is 8. The lowest BCUT2D eigenvalue weighted by Crippen LogP contribution is -2.07. The summed E-state index contributed by atoms with van der Waals surface area (Å²) in [7, 11) is 1.89. The van der Waals surface area contributed by atoms with E-state index in [1.807, 2.05) is 42.2 Å². The van der Waals surface area contributed by atoms with Crippen molar-refractivity contribution in [2.75, 3.05) is 25.5 Å². The molecule has 1 aliphatic heterocycles. The first-order chi connectivity index (χ1) is 14.3. The highest BCUT2D eigenvalue weighted by Gasteiger charge is 2.22. The molecule has 5 rings (SSSR count). The molecule has 0 saturated carbocycles. The second kappa shape index (κ2) is 7.24. The molecule has 0 aliphatic carbocycles. The normalized spacial score (nSPS) is 16.2. The zero-order chi connectivity index (χ0) is 19.8. The lowest BCUT2D eigenvalue weighted by atomic mass is 10.1. The van der Waals surface area contributed by atoms with Gasteiger partial charge in [0.2, 0.25) is 0 Å². The van der Waals surface area contributed by atoms with Crippen molar-refractivity contribution in [2.24, 2.45) is 0 Å².